The number of carbonyl (C=O) groups is 2. The van der Waals surface area contributed by atoms with Crippen molar-refractivity contribution in [3.05, 3.63) is 29.0 Å². The van der Waals surface area contributed by atoms with Gasteiger partial charge in [0.15, 0.2) is 0 Å². The van der Waals surface area contributed by atoms with Crippen molar-refractivity contribution < 1.29 is 14.3 Å². The molecule has 0 aliphatic rings. The van der Waals surface area contributed by atoms with Crippen molar-refractivity contribution in [3.8, 4) is 0 Å². The van der Waals surface area contributed by atoms with E-state index in [1.54, 1.807) is 20.0 Å². The smallest absolute Gasteiger partial charge is 0.310 e. The Kier molecular flexibility index (Phi) is 5.09. The molecule has 6 heteroatoms. The Labute approximate surface area is 111 Å². The fraction of sp³-hybridized carbons (Fsp3) is 0.417. The third-order valence-electron chi connectivity index (χ3n) is 2.44. The first-order chi connectivity index (χ1) is 8.45. The predicted octanol–water partition coefficient (Wildman–Crippen LogP) is 1.62. The number of methoxy groups -OCH3 is 1. The Morgan fingerprint density at radius 3 is 2.78 bits per heavy atom. The van der Waals surface area contributed by atoms with Gasteiger partial charge in [0, 0.05) is 24.8 Å². The lowest BCUT2D eigenvalue weighted by molar-refractivity contribution is -0.145. The Hall–Kier alpha value is -1.62. The zero-order chi connectivity index (χ0) is 13.7. The molecule has 5 nitrogen and oxygen atoms in total. The van der Waals surface area contributed by atoms with Crippen LogP contribution in [0.1, 0.15) is 17.4 Å². The lowest BCUT2D eigenvalue weighted by Crippen LogP contribution is -2.34. The molecule has 0 aliphatic heterocycles. The molecular weight excluding hydrogens is 256 g/mol. The van der Waals surface area contributed by atoms with E-state index in [2.05, 4.69) is 9.72 Å². The molecule has 0 saturated carbocycles. The largest absolute Gasteiger partial charge is 0.469 e. The van der Waals surface area contributed by atoms with Gasteiger partial charge in [-0.1, -0.05) is 18.5 Å². The van der Waals surface area contributed by atoms with Crippen LogP contribution in [0.5, 0.6) is 0 Å². The summed E-state index contributed by atoms with van der Waals surface area (Å²) >= 11 is 5.79. The molecule has 18 heavy (non-hydrogen) atoms. The maximum Gasteiger partial charge on any atom is 0.310 e. The lowest BCUT2D eigenvalue weighted by atomic mass is 10.1. The average Bonchev–Trinajstić information content (AvgIpc) is 2.36. The number of ether oxygens (including phenoxy) is 1. The molecule has 0 saturated heterocycles. The molecule has 1 atom stereocenters. The van der Waals surface area contributed by atoms with Crippen LogP contribution in [-0.2, 0) is 9.53 Å². The molecular formula is C12H15ClN2O3. The number of hydrogen-bond acceptors (Lipinski definition) is 4. The second-order valence-electron chi connectivity index (χ2n) is 3.97. The fourth-order valence-electron chi connectivity index (χ4n) is 1.49. The van der Waals surface area contributed by atoms with Crippen molar-refractivity contribution in [2.45, 2.75) is 6.92 Å². The van der Waals surface area contributed by atoms with Crippen LogP contribution in [0, 0.1) is 5.92 Å². The van der Waals surface area contributed by atoms with E-state index >= 15 is 0 Å². The molecule has 0 bridgehead atoms. The van der Waals surface area contributed by atoms with E-state index in [4.69, 9.17) is 11.6 Å². The Morgan fingerprint density at radius 1 is 1.56 bits per heavy atom. The minimum Gasteiger partial charge on any atom is -0.469 e. The number of halogens is 1. The highest BCUT2D eigenvalue weighted by atomic mass is 35.5. The minimum atomic E-state index is -0.386. The lowest BCUT2D eigenvalue weighted by Gasteiger charge is -2.19. The highest BCUT2D eigenvalue weighted by molar-refractivity contribution is 6.30. The number of nitrogens with zero attached hydrogens (tertiary/aromatic N) is 2. The van der Waals surface area contributed by atoms with Crippen LogP contribution in [-0.4, -0.2) is 42.5 Å². The first-order valence-corrected chi connectivity index (χ1v) is 5.78. The molecule has 98 valence electrons. The number of rotatable bonds is 4. The molecule has 0 radical (unpaired) electrons. The minimum absolute atomic E-state index is 0.252. The van der Waals surface area contributed by atoms with Crippen LogP contribution in [0.15, 0.2) is 18.3 Å². The number of aromatic nitrogens is 1. The van der Waals surface area contributed by atoms with Crippen molar-refractivity contribution in [1.29, 1.82) is 0 Å². The van der Waals surface area contributed by atoms with Gasteiger partial charge in [0.2, 0.25) is 0 Å². The number of esters is 1. The maximum atomic E-state index is 12.0. The Bertz CT molecular complexity index is 451. The third kappa shape index (κ3) is 3.70. The summed E-state index contributed by atoms with van der Waals surface area (Å²) in [4.78, 5) is 28.6. The van der Waals surface area contributed by atoms with E-state index in [1.807, 2.05) is 0 Å². The van der Waals surface area contributed by atoms with Gasteiger partial charge >= 0.3 is 5.97 Å². The highest BCUT2D eigenvalue weighted by Crippen LogP contribution is 2.10. The molecule has 0 aromatic carbocycles. The molecule has 0 fully saturated rings. The van der Waals surface area contributed by atoms with Gasteiger partial charge in [0.1, 0.15) is 5.69 Å². The third-order valence-corrected chi connectivity index (χ3v) is 2.67. The van der Waals surface area contributed by atoms with Gasteiger partial charge in [-0.2, -0.15) is 0 Å². The first kappa shape index (κ1) is 14.4. The van der Waals surface area contributed by atoms with Crippen LogP contribution < -0.4 is 0 Å². The molecule has 1 unspecified atom stereocenters. The quantitative estimate of drug-likeness (QED) is 0.780. The summed E-state index contributed by atoms with van der Waals surface area (Å²) in [6.07, 6.45) is 1.47. The van der Waals surface area contributed by atoms with E-state index in [0.717, 1.165) is 0 Å². The number of amides is 1. The van der Waals surface area contributed by atoms with Crippen LogP contribution >= 0.6 is 11.6 Å². The van der Waals surface area contributed by atoms with Crippen LogP contribution in [0.25, 0.3) is 0 Å². The number of hydrogen-bond donors (Lipinski definition) is 0. The van der Waals surface area contributed by atoms with Crippen LogP contribution in [0.2, 0.25) is 5.02 Å². The highest BCUT2D eigenvalue weighted by Gasteiger charge is 2.20. The summed E-state index contributed by atoms with van der Waals surface area (Å²) in [6.45, 7) is 1.96. The molecule has 1 aromatic heterocycles. The van der Waals surface area contributed by atoms with E-state index in [9.17, 15) is 9.59 Å². The normalized spacial score (nSPS) is 11.8. The second kappa shape index (κ2) is 6.35. The summed E-state index contributed by atoms with van der Waals surface area (Å²) < 4.78 is 4.60. The maximum absolute atomic E-state index is 12.0. The van der Waals surface area contributed by atoms with Crippen LogP contribution in [0.4, 0.5) is 0 Å². The standard InChI is InChI=1S/C12H15ClN2O3/c1-8(12(17)18-3)7-15(2)11(16)10-6-9(13)4-5-14-10/h4-6,8H,7H2,1-3H3. The van der Waals surface area contributed by atoms with Crippen LogP contribution in [0.3, 0.4) is 0 Å². The Balaban J connectivity index is 2.70. The summed E-state index contributed by atoms with van der Waals surface area (Å²) in [5.41, 5.74) is 0.252. The summed E-state index contributed by atoms with van der Waals surface area (Å²) in [7, 11) is 2.92. The van der Waals surface area contributed by atoms with Gasteiger partial charge in [0.25, 0.3) is 5.91 Å². The average molecular weight is 271 g/mol. The SMILES string of the molecule is COC(=O)C(C)CN(C)C(=O)c1cc(Cl)ccn1. The Morgan fingerprint density at radius 2 is 2.22 bits per heavy atom. The zero-order valence-electron chi connectivity index (χ0n) is 10.5. The molecule has 1 rings (SSSR count). The van der Waals surface area contributed by atoms with Gasteiger partial charge in [-0.25, -0.2) is 0 Å². The zero-order valence-corrected chi connectivity index (χ0v) is 11.3. The topological polar surface area (TPSA) is 59.5 Å². The van der Waals surface area contributed by atoms with E-state index in [-0.39, 0.29) is 30.0 Å². The summed E-state index contributed by atoms with van der Waals surface area (Å²) in [6, 6.07) is 3.08. The van der Waals surface area contributed by atoms with Gasteiger partial charge in [-0.15, -0.1) is 0 Å². The molecule has 1 heterocycles. The molecule has 0 N–H and O–H groups in total. The van der Waals surface area contributed by atoms with E-state index in [1.165, 1.54) is 24.3 Å². The van der Waals surface area contributed by atoms with Crippen molar-refractivity contribution in [2.24, 2.45) is 5.92 Å². The monoisotopic (exact) mass is 270 g/mol. The predicted molar refractivity (Wildman–Crippen MR) is 67.4 cm³/mol. The molecule has 1 aromatic rings. The van der Waals surface area contributed by atoms with Gasteiger partial charge in [-0.05, 0) is 12.1 Å². The molecule has 0 aliphatic carbocycles. The fourth-order valence-corrected chi connectivity index (χ4v) is 1.65. The second-order valence-corrected chi connectivity index (χ2v) is 4.41. The molecule has 0 spiro atoms. The summed E-state index contributed by atoms with van der Waals surface area (Å²) in [5, 5.41) is 0.447. The summed E-state index contributed by atoms with van der Waals surface area (Å²) in [5.74, 6) is -1.02. The molecule has 1 amide bonds. The van der Waals surface area contributed by atoms with Gasteiger partial charge < -0.3 is 9.64 Å². The van der Waals surface area contributed by atoms with Crippen molar-refractivity contribution >= 4 is 23.5 Å². The van der Waals surface area contributed by atoms with Crippen molar-refractivity contribution in [3.63, 3.8) is 0 Å². The van der Waals surface area contributed by atoms with Crippen molar-refractivity contribution in [1.82, 2.24) is 9.88 Å². The first-order valence-electron chi connectivity index (χ1n) is 5.40. The van der Waals surface area contributed by atoms with Gasteiger partial charge in [0.05, 0.1) is 13.0 Å². The number of carbonyl (C=O) groups excluding carboxylic acids is 2. The van der Waals surface area contributed by atoms with Gasteiger partial charge in [-0.3, -0.25) is 14.6 Å². The van der Waals surface area contributed by atoms with Crippen molar-refractivity contribution in [2.75, 3.05) is 20.7 Å². The van der Waals surface area contributed by atoms with E-state index in [0.29, 0.717) is 5.02 Å². The number of pyridine rings is 1. The van der Waals surface area contributed by atoms with E-state index < -0.39 is 0 Å².